The zero-order valence-electron chi connectivity index (χ0n) is 14.6. The van der Waals surface area contributed by atoms with Gasteiger partial charge in [-0.2, -0.15) is 4.98 Å². The smallest absolute Gasteiger partial charge is 0.228 e. The third-order valence-electron chi connectivity index (χ3n) is 3.48. The van der Waals surface area contributed by atoms with Gasteiger partial charge >= 0.3 is 0 Å². The molecule has 0 amide bonds. The van der Waals surface area contributed by atoms with Crippen LogP contribution in [0.1, 0.15) is 17.3 Å². The fourth-order valence-corrected chi connectivity index (χ4v) is 2.81. The van der Waals surface area contributed by atoms with E-state index in [9.17, 15) is 8.42 Å². The summed E-state index contributed by atoms with van der Waals surface area (Å²) in [7, 11) is -1.45. The molecular formula is C16H23N5O3S. The zero-order valence-corrected chi connectivity index (χ0v) is 15.4. The van der Waals surface area contributed by atoms with Crippen molar-refractivity contribution in [3.8, 4) is 0 Å². The number of aliphatic imine (C=N–C) groups is 1. The van der Waals surface area contributed by atoms with Crippen molar-refractivity contribution in [3.63, 3.8) is 0 Å². The highest BCUT2D eigenvalue weighted by atomic mass is 32.2. The molecule has 2 N–H and O–H groups in total. The highest BCUT2D eigenvalue weighted by Crippen LogP contribution is 2.10. The molecule has 1 aromatic heterocycles. The second-order valence-corrected chi connectivity index (χ2v) is 7.59. The number of hydrogen-bond donors (Lipinski definition) is 2. The van der Waals surface area contributed by atoms with Crippen LogP contribution in [0.5, 0.6) is 0 Å². The summed E-state index contributed by atoms with van der Waals surface area (Å²) in [5, 5.41) is 10.1. The van der Waals surface area contributed by atoms with Crippen LogP contribution in [-0.2, 0) is 22.7 Å². The second kappa shape index (κ2) is 8.61. The van der Waals surface area contributed by atoms with E-state index in [2.05, 4.69) is 25.8 Å². The van der Waals surface area contributed by atoms with Gasteiger partial charge in [-0.25, -0.2) is 8.42 Å². The lowest BCUT2D eigenvalue weighted by Crippen LogP contribution is -2.39. The number of hydrogen-bond acceptors (Lipinski definition) is 6. The predicted molar refractivity (Wildman–Crippen MR) is 95.4 cm³/mol. The highest BCUT2D eigenvalue weighted by Gasteiger charge is 2.06. The van der Waals surface area contributed by atoms with Crippen molar-refractivity contribution in [1.29, 1.82) is 0 Å². The molecule has 9 heteroatoms. The van der Waals surface area contributed by atoms with Crippen LogP contribution in [0.4, 0.5) is 0 Å². The monoisotopic (exact) mass is 365 g/mol. The van der Waals surface area contributed by atoms with Gasteiger partial charge in [0.15, 0.2) is 21.6 Å². The molecule has 0 aliphatic carbocycles. The molecular weight excluding hydrogens is 342 g/mol. The first kappa shape index (κ1) is 18.9. The maximum absolute atomic E-state index is 11.4. The first-order valence-electron chi connectivity index (χ1n) is 7.91. The van der Waals surface area contributed by atoms with Gasteiger partial charge in [0, 0.05) is 32.8 Å². The van der Waals surface area contributed by atoms with Crippen molar-refractivity contribution in [3.05, 3.63) is 41.5 Å². The SMILES string of the molecule is CN=C(NCCc1ccc(S(C)(=O)=O)cc1)NCCc1nc(C)no1. The zero-order chi connectivity index (χ0) is 18.3. The molecule has 2 aromatic rings. The molecule has 25 heavy (non-hydrogen) atoms. The summed E-state index contributed by atoms with van der Waals surface area (Å²) >= 11 is 0. The summed E-state index contributed by atoms with van der Waals surface area (Å²) in [5.41, 5.74) is 1.05. The van der Waals surface area contributed by atoms with Gasteiger partial charge in [0.2, 0.25) is 5.89 Å². The van der Waals surface area contributed by atoms with Crippen LogP contribution >= 0.6 is 0 Å². The molecule has 0 bridgehead atoms. The van der Waals surface area contributed by atoms with Crippen molar-refractivity contribution < 1.29 is 12.9 Å². The Labute approximate surface area is 147 Å². The third-order valence-corrected chi connectivity index (χ3v) is 4.61. The van der Waals surface area contributed by atoms with E-state index >= 15 is 0 Å². The summed E-state index contributed by atoms with van der Waals surface area (Å²) in [6, 6.07) is 6.91. The molecule has 0 saturated heterocycles. The van der Waals surface area contributed by atoms with Gasteiger partial charge in [-0.15, -0.1) is 0 Å². The fourth-order valence-electron chi connectivity index (χ4n) is 2.18. The minimum absolute atomic E-state index is 0.331. The number of guanidine groups is 1. The molecule has 2 rings (SSSR count). The van der Waals surface area contributed by atoms with Crippen LogP contribution in [0, 0.1) is 6.92 Å². The van der Waals surface area contributed by atoms with E-state index in [1.807, 2.05) is 12.1 Å². The molecule has 136 valence electrons. The van der Waals surface area contributed by atoms with E-state index in [0.717, 1.165) is 12.0 Å². The average molecular weight is 365 g/mol. The predicted octanol–water partition coefficient (Wildman–Crippen LogP) is 0.732. The summed E-state index contributed by atoms with van der Waals surface area (Å²) in [6.45, 7) is 3.09. The summed E-state index contributed by atoms with van der Waals surface area (Å²) in [6.07, 6.45) is 2.58. The number of nitrogens with one attached hydrogen (secondary N) is 2. The number of aromatic nitrogens is 2. The van der Waals surface area contributed by atoms with Gasteiger partial charge in [-0.1, -0.05) is 17.3 Å². The van der Waals surface area contributed by atoms with E-state index in [1.54, 1.807) is 26.1 Å². The molecule has 8 nitrogen and oxygen atoms in total. The molecule has 0 fully saturated rings. The Hall–Kier alpha value is -2.42. The van der Waals surface area contributed by atoms with E-state index in [0.29, 0.717) is 42.1 Å². The number of aryl methyl sites for hydroxylation is 1. The molecule has 0 radical (unpaired) electrons. The van der Waals surface area contributed by atoms with E-state index < -0.39 is 9.84 Å². The topological polar surface area (TPSA) is 109 Å². The summed E-state index contributed by atoms with van der Waals surface area (Å²) in [4.78, 5) is 8.62. The Balaban J connectivity index is 1.73. The molecule has 0 aliphatic rings. The largest absolute Gasteiger partial charge is 0.356 e. The van der Waals surface area contributed by atoms with E-state index in [1.165, 1.54) is 6.26 Å². The van der Waals surface area contributed by atoms with Gasteiger partial charge in [0.05, 0.1) is 4.90 Å². The normalized spacial score (nSPS) is 12.2. The second-order valence-electron chi connectivity index (χ2n) is 5.58. The minimum Gasteiger partial charge on any atom is -0.356 e. The van der Waals surface area contributed by atoms with E-state index in [4.69, 9.17) is 4.52 Å². The van der Waals surface area contributed by atoms with Crippen LogP contribution < -0.4 is 10.6 Å². The third kappa shape index (κ3) is 6.18. The van der Waals surface area contributed by atoms with Crippen molar-refractivity contribution in [2.45, 2.75) is 24.7 Å². The lowest BCUT2D eigenvalue weighted by molar-refractivity contribution is 0.374. The van der Waals surface area contributed by atoms with Gasteiger partial charge < -0.3 is 15.2 Å². The van der Waals surface area contributed by atoms with Gasteiger partial charge in [0.1, 0.15) is 0 Å². The van der Waals surface area contributed by atoms with Crippen LogP contribution in [0.15, 0.2) is 38.7 Å². The average Bonchev–Trinajstić information content (AvgIpc) is 2.98. The number of rotatable bonds is 7. The quantitative estimate of drug-likeness (QED) is 0.550. The van der Waals surface area contributed by atoms with Crippen LogP contribution in [-0.4, -0.2) is 50.9 Å². The Morgan fingerprint density at radius 2 is 1.80 bits per heavy atom. The number of nitrogens with zero attached hydrogens (tertiary/aromatic N) is 3. The lowest BCUT2D eigenvalue weighted by atomic mass is 10.1. The van der Waals surface area contributed by atoms with Crippen LogP contribution in [0.25, 0.3) is 0 Å². The Bertz CT molecular complexity index is 813. The first-order chi connectivity index (χ1) is 11.9. The van der Waals surface area contributed by atoms with Gasteiger partial charge in [-0.3, -0.25) is 4.99 Å². The molecule has 1 aromatic carbocycles. The highest BCUT2D eigenvalue weighted by molar-refractivity contribution is 7.90. The Morgan fingerprint density at radius 3 is 2.32 bits per heavy atom. The lowest BCUT2D eigenvalue weighted by Gasteiger charge is -2.11. The molecule has 0 unspecified atom stereocenters. The molecule has 0 aliphatic heterocycles. The van der Waals surface area contributed by atoms with Gasteiger partial charge in [0.25, 0.3) is 0 Å². The maximum atomic E-state index is 11.4. The maximum Gasteiger partial charge on any atom is 0.228 e. The minimum atomic E-state index is -3.15. The Morgan fingerprint density at radius 1 is 1.16 bits per heavy atom. The fraction of sp³-hybridized carbons (Fsp3) is 0.438. The van der Waals surface area contributed by atoms with Crippen LogP contribution in [0.3, 0.4) is 0 Å². The molecule has 0 spiro atoms. The number of benzene rings is 1. The number of sulfone groups is 1. The summed E-state index contributed by atoms with van der Waals surface area (Å²) < 4.78 is 27.9. The van der Waals surface area contributed by atoms with Crippen LogP contribution in [0.2, 0.25) is 0 Å². The molecule has 0 saturated carbocycles. The van der Waals surface area contributed by atoms with Crippen molar-refractivity contribution in [2.75, 3.05) is 26.4 Å². The molecule has 0 atom stereocenters. The van der Waals surface area contributed by atoms with Crippen molar-refractivity contribution >= 4 is 15.8 Å². The first-order valence-corrected chi connectivity index (χ1v) is 9.80. The molecule has 1 heterocycles. The van der Waals surface area contributed by atoms with E-state index in [-0.39, 0.29) is 0 Å². The van der Waals surface area contributed by atoms with Gasteiger partial charge in [-0.05, 0) is 31.0 Å². The van der Waals surface area contributed by atoms with Crippen molar-refractivity contribution in [2.24, 2.45) is 4.99 Å². The summed E-state index contributed by atoms with van der Waals surface area (Å²) in [5.74, 6) is 1.90. The Kier molecular flexibility index (Phi) is 6.51. The van der Waals surface area contributed by atoms with Crippen molar-refractivity contribution in [1.82, 2.24) is 20.8 Å². The standard InChI is InChI=1S/C16H23N5O3S/c1-12-20-15(24-21-12)9-11-19-16(17-2)18-10-8-13-4-6-14(7-5-13)25(3,22)23/h4-7H,8-11H2,1-3H3,(H2,17,18,19).